The largest absolute Gasteiger partial charge is 0.338 e. The van der Waals surface area contributed by atoms with E-state index in [-0.39, 0.29) is 17.7 Å². The van der Waals surface area contributed by atoms with E-state index in [4.69, 9.17) is 11.6 Å². The van der Waals surface area contributed by atoms with Crippen molar-refractivity contribution >= 4 is 29.1 Å². The number of anilines is 1. The van der Waals surface area contributed by atoms with Crippen LogP contribution in [-0.2, 0) is 29.1 Å². The van der Waals surface area contributed by atoms with Gasteiger partial charge in [-0.1, -0.05) is 48.0 Å². The van der Waals surface area contributed by atoms with Gasteiger partial charge in [0.15, 0.2) is 0 Å². The molecule has 0 spiro atoms. The first-order valence-electron chi connectivity index (χ1n) is 13.6. The Morgan fingerprint density at radius 3 is 2.37 bits per heavy atom. The number of nitrogens with zero attached hydrogens (tertiary/aromatic N) is 4. The van der Waals surface area contributed by atoms with E-state index in [0.29, 0.717) is 26.1 Å². The van der Waals surface area contributed by atoms with E-state index >= 15 is 0 Å². The van der Waals surface area contributed by atoms with E-state index in [1.54, 1.807) is 12.4 Å². The summed E-state index contributed by atoms with van der Waals surface area (Å²) in [5.74, 6) is 0.422. The molecule has 0 unspecified atom stereocenters. The Morgan fingerprint density at radius 2 is 1.63 bits per heavy atom. The molecule has 5 rings (SSSR count). The van der Waals surface area contributed by atoms with Crippen molar-refractivity contribution in [1.29, 1.82) is 0 Å². The Balaban J connectivity index is 1.40. The summed E-state index contributed by atoms with van der Waals surface area (Å²) >= 11 is 6.10. The highest BCUT2D eigenvalue weighted by Gasteiger charge is 2.35. The van der Waals surface area contributed by atoms with Crippen LogP contribution in [0.3, 0.4) is 0 Å². The molecule has 38 heavy (non-hydrogen) atoms. The van der Waals surface area contributed by atoms with Gasteiger partial charge in [-0.3, -0.25) is 19.5 Å². The Hall–Kier alpha value is -3.22. The van der Waals surface area contributed by atoms with Gasteiger partial charge in [0, 0.05) is 68.3 Å². The zero-order chi connectivity index (χ0) is 26.3. The predicted octanol–water partition coefficient (Wildman–Crippen LogP) is 5.35. The first-order valence-corrected chi connectivity index (χ1v) is 14.0. The van der Waals surface area contributed by atoms with Crippen molar-refractivity contribution in [2.24, 2.45) is 5.92 Å². The molecule has 3 aromatic rings. The summed E-state index contributed by atoms with van der Waals surface area (Å²) in [6.07, 6.45) is 7.50. The lowest BCUT2D eigenvalue weighted by Gasteiger charge is -2.32. The molecular weight excluding hydrogens is 496 g/mol. The number of benzene rings is 2. The molecule has 2 aliphatic rings. The fourth-order valence-electron chi connectivity index (χ4n) is 5.15. The van der Waals surface area contributed by atoms with Gasteiger partial charge in [0.05, 0.1) is 6.42 Å². The number of carbonyl (C=O) groups is 2. The Kier molecular flexibility index (Phi) is 8.72. The third kappa shape index (κ3) is 7.00. The number of amides is 2. The smallest absolute Gasteiger partial charge is 0.230 e. The minimum atomic E-state index is 0.0779. The number of carbonyl (C=O) groups excluding carboxylic acids is 2. The van der Waals surface area contributed by atoms with Crippen molar-refractivity contribution in [2.75, 3.05) is 31.1 Å². The second-order valence-corrected chi connectivity index (χ2v) is 10.8. The van der Waals surface area contributed by atoms with Crippen molar-refractivity contribution in [2.45, 2.75) is 45.2 Å². The lowest BCUT2D eigenvalue weighted by atomic mass is 10.1. The molecule has 1 aliphatic carbocycles. The fourth-order valence-corrected chi connectivity index (χ4v) is 5.28. The van der Waals surface area contributed by atoms with Crippen LogP contribution in [0.1, 0.15) is 42.4 Å². The minimum absolute atomic E-state index is 0.0779. The molecule has 2 aromatic carbocycles. The fraction of sp³-hybridized carbons (Fsp3) is 0.387. The molecule has 6 nitrogen and oxygen atoms in total. The molecule has 1 aromatic heterocycles. The zero-order valence-electron chi connectivity index (χ0n) is 21.8. The van der Waals surface area contributed by atoms with Crippen LogP contribution in [0.4, 0.5) is 5.69 Å². The first kappa shape index (κ1) is 26.4. The Labute approximate surface area is 230 Å². The van der Waals surface area contributed by atoms with Gasteiger partial charge in [0.25, 0.3) is 0 Å². The highest BCUT2D eigenvalue weighted by Crippen LogP contribution is 2.34. The van der Waals surface area contributed by atoms with Crippen LogP contribution < -0.4 is 4.90 Å². The van der Waals surface area contributed by atoms with Crippen molar-refractivity contribution in [3.05, 3.63) is 94.8 Å². The van der Waals surface area contributed by atoms with E-state index < -0.39 is 0 Å². The number of rotatable bonds is 5. The van der Waals surface area contributed by atoms with Gasteiger partial charge < -0.3 is 9.80 Å². The van der Waals surface area contributed by atoms with Crippen LogP contribution in [0.25, 0.3) is 0 Å². The summed E-state index contributed by atoms with van der Waals surface area (Å²) in [4.78, 5) is 37.5. The number of hydrogen-bond acceptors (Lipinski definition) is 4. The van der Waals surface area contributed by atoms with Gasteiger partial charge in [-0.15, -0.1) is 0 Å². The lowest BCUT2D eigenvalue weighted by molar-refractivity contribution is -0.131. The molecule has 1 saturated carbocycles. The quantitative estimate of drug-likeness (QED) is 0.446. The van der Waals surface area contributed by atoms with Gasteiger partial charge in [-0.2, -0.15) is 0 Å². The average Bonchev–Trinajstić information content (AvgIpc) is 3.77. The Morgan fingerprint density at radius 1 is 0.868 bits per heavy atom. The van der Waals surface area contributed by atoms with Gasteiger partial charge in [-0.05, 0) is 66.6 Å². The summed E-state index contributed by atoms with van der Waals surface area (Å²) in [6.45, 7) is 4.38. The van der Waals surface area contributed by atoms with Crippen LogP contribution >= 0.6 is 11.6 Å². The molecule has 7 heteroatoms. The van der Waals surface area contributed by atoms with Crippen LogP contribution in [0.2, 0.25) is 5.02 Å². The van der Waals surface area contributed by atoms with Gasteiger partial charge in [-0.25, -0.2) is 0 Å². The molecule has 1 fully saturated rings. The zero-order valence-corrected chi connectivity index (χ0v) is 22.5. The lowest BCUT2D eigenvalue weighted by Crippen LogP contribution is -2.39. The maximum absolute atomic E-state index is 13.5. The molecule has 0 bridgehead atoms. The van der Waals surface area contributed by atoms with Crippen molar-refractivity contribution in [3.63, 3.8) is 0 Å². The maximum atomic E-state index is 13.5. The number of aromatic nitrogens is 1. The minimum Gasteiger partial charge on any atom is -0.338 e. The highest BCUT2D eigenvalue weighted by atomic mass is 35.5. The number of pyridine rings is 1. The standard InChI is InChI=1S/C31H35ClN4O2/c32-28-13-9-24(10-14-28)22-34-16-4-18-35(30(37)20-25-6-3-15-33-21-25)23-27-7-1-2-8-29(27)36(19-5-17-34)31(38)26-11-12-26/h1-3,6-10,13-15,21,26H,4-5,11-12,16-20,22-23H2. The van der Waals surface area contributed by atoms with E-state index in [1.165, 1.54) is 5.56 Å². The van der Waals surface area contributed by atoms with Crippen LogP contribution in [-0.4, -0.2) is 52.8 Å². The molecule has 0 saturated heterocycles. The molecule has 0 atom stereocenters. The van der Waals surface area contributed by atoms with Crippen molar-refractivity contribution < 1.29 is 9.59 Å². The van der Waals surface area contributed by atoms with E-state index in [0.717, 1.165) is 67.2 Å². The molecule has 2 amide bonds. The van der Waals surface area contributed by atoms with Crippen LogP contribution in [0, 0.1) is 5.92 Å². The summed E-state index contributed by atoms with van der Waals surface area (Å²) in [5, 5.41) is 0.734. The Bertz CT molecular complexity index is 1230. The van der Waals surface area contributed by atoms with Gasteiger partial charge >= 0.3 is 0 Å². The normalized spacial score (nSPS) is 17.3. The summed E-state index contributed by atoms with van der Waals surface area (Å²) in [5.41, 5.74) is 4.09. The van der Waals surface area contributed by atoms with E-state index in [9.17, 15) is 9.59 Å². The first-order chi connectivity index (χ1) is 18.6. The third-order valence-corrected chi connectivity index (χ3v) is 7.60. The third-order valence-electron chi connectivity index (χ3n) is 7.34. The van der Waals surface area contributed by atoms with Gasteiger partial charge in [0.1, 0.15) is 0 Å². The topological polar surface area (TPSA) is 56.8 Å². The molecular formula is C31H35ClN4O2. The summed E-state index contributed by atoms with van der Waals surface area (Å²) < 4.78 is 0. The summed E-state index contributed by atoms with van der Waals surface area (Å²) in [7, 11) is 0. The number of para-hydroxylation sites is 1. The average molecular weight is 531 g/mol. The second-order valence-electron chi connectivity index (χ2n) is 10.4. The second kappa shape index (κ2) is 12.5. The van der Waals surface area contributed by atoms with Gasteiger partial charge in [0.2, 0.25) is 11.8 Å². The monoisotopic (exact) mass is 530 g/mol. The highest BCUT2D eigenvalue weighted by molar-refractivity contribution is 6.30. The molecule has 0 radical (unpaired) electrons. The number of hydrogen-bond donors (Lipinski definition) is 0. The maximum Gasteiger partial charge on any atom is 0.230 e. The molecule has 1 aliphatic heterocycles. The van der Waals surface area contributed by atoms with Crippen molar-refractivity contribution in [3.8, 4) is 0 Å². The molecule has 0 N–H and O–H groups in total. The van der Waals surface area contributed by atoms with Crippen molar-refractivity contribution in [1.82, 2.24) is 14.8 Å². The number of fused-ring (bicyclic) bond motifs is 1. The van der Waals surface area contributed by atoms with E-state index in [2.05, 4.69) is 28.1 Å². The molecule has 2 heterocycles. The number of halogens is 1. The SMILES string of the molecule is O=C(Cc1cccnc1)N1CCCN(Cc2ccc(Cl)cc2)CCCN(C(=O)C2CC2)c2ccccc2C1. The van der Waals surface area contributed by atoms with E-state index in [1.807, 2.05) is 52.3 Å². The predicted molar refractivity (Wildman–Crippen MR) is 151 cm³/mol. The molecule has 198 valence electrons. The van der Waals surface area contributed by atoms with Crippen LogP contribution in [0.15, 0.2) is 73.1 Å². The van der Waals surface area contributed by atoms with Crippen LogP contribution in [0.5, 0.6) is 0 Å². The summed E-state index contributed by atoms with van der Waals surface area (Å²) in [6, 6.07) is 19.9.